The molecular weight excluding hydrogens is 669 g/mol. The van der Waals surface area contributed by atoms with Crippen molar-refractivity contribution in [3.63, 3.8) is 0 Å². The van der Waals surface area contributed by atoms with E-state index < -0.39 is 0 Å². The predicted molar refractivity (Wildman–Crippen MR) is 233 cm³/mol. The van der Waals surface area contributed by atoms with Crippen molar-refractivity contribution in [2.45, 2.75) is 0 Å². The summed E-state index contributed by atoms with van der Waals surface area (Å²) >= 11 is 0. The number of hydrogen-bond acceptors (Lipinski definition) is 3. The molecule has 0 N–H and O–H groups in total. The molecule has 11 rings (SSSR count). The third-order valence-corrected chi connectivity index (χ3v) is 10.9. The standard InChI is InChI=1S/C52H34N2O/c1-3-19-39(20-4-1)53(41-29-27-35-15-7-9-17-37(35)31-41)48-33-47-51-45-25-13-11-23-43(45)49(34-50(51)55-52(47)46-26-14-12-24-44(46)48)54(40-21-5-2-6-22-40)42-30-28-36-16-8-10-18-38(36)32-42/h1-34H. The molecule has 0 aliphatic rings. The third-order valence-electron chi connectivity index (χ3n) is 10.9. The van der Waals surface area contributed by atoms with Crippen molar-refractivity contribution >= 4 is 99.2 Å². The molecule has 1 heterocycles. The van der Waals surface area contributed by atoms with Gasteiger partial charge in [-0.2, -0.15) is 0 Å². The number of fused-ring (bicyclic) bond motifs is 9. The molecule has 11 aromatic rings. The van der Waals surface area contributed by atoms with Gasteiger partial charge in [0.25, 0.3) is 0 Å². The number of rotatable bonds is 6. The van der Waals surface area contributed by atoms with Gasteiger partial charge in [0.05, 0.1) is 11.4 Å². The molecule has 0 aliphatic carbocycles. The van der Waals surface area contributed by atoms with E-state index in [0.29, 0.717) is 0 Å². The smallest absolute Gasteiger partial charge is 0.143 e. The Kier molecular flexibility index (Phi) is 7.17. The van der Waals surface area contributed by atoms with Crippen molar-refractivity contribution in [3.8, 4) is 0 Å². The quantitative estimate of drug-likeness (QED) is 0.172. The molecule has 3 nitrogen and oxygen atoms in total. The van der Waals surface area contributed by atoms with Crippen LogP contribution in [0.2, 0.25) is 0 Å². The molecular formula is C52H34N2O. The lowest BCUT2D eigenvalue weighted by Gasteiger charge is -2.27. The molecule has 3 heteroatoms. The summed E-state index contributed by atoms with van der Waals surface area (Å²) in [6.07, 6.45) is 0. The van der Waals surface area contributed by atoms with Crippen LogP contribution in [0.4, 0.5) is 34.1 Å². The second-order valence-electron chi connectivity index (χ2n) is 14.1. The van der Waals surface area contributed by atoms with Gasteiger partial charge in [-0.05, 0) is 81.5 Å². The lowest BCUT2D eigenvalue weighted by molar-refractivity contribution is 0.673. The highest BCUT2D eigenvalue weighted by molar-refractivity contribution is 6.27. The van der Waals surface area contributed by atoms with E-state index in [1.54, 1.807) is 0 Å². The maximum atomic E-state index is 7.07. The van der Waals surface area contributed by atoms with E-state index in [2.05, 4.69) is 216 Å². The molecule has 0 saturated carbocycles. The van der Waals surface area contributed by atoms with E-state index in [0.717, 1.165) is 77.6 Å². The molecule has 0 spiro atoms. The van der Waals surface area contributed by atoms with Crippen LogP contribution in [0.5, 0.6) is 0 Å². The third kappa shape index (κ3) is 5.13. The second kappa shape index (κ2) is 12.6. The van der Waals surface area contributed by atoms with E-state index in [1.165, 1.54) is 21.5 Å². The number of nitrogens with zero attached hydrogens (tertiary/aromatic N) is 2. The van der Waals surface area contributed by atoms with Gasteiger partial charge in [0, 0.05) is 55.7 Å². The fraction of sp³-hybridized carbons (Fsp3) is 0. The predicted octanol–water partition coefficient (Wildman–Crippen LogP) is 15.1. The number of hydrogen-bond donors (Lipinski definition) is 0. The van der Waals surface area contributed by atoms with Gasteiger partial charge in [0.2, 0.25) is 0 Å². The Balaban J connectivity index is 1.21. The fourth-order valence-corrected chi connectivity index (χ4v) is 8.44. The average Bonchev–Trinajstić information content (AvgIpc) is 3.63. The summed E-state index contributed by atoms with van der Waals surface area (Å²) < 4.78 is 7.07. The van der Waals surface area contributed by atoms with Gasteiger partial charge in [-0.15, -0.1) is 0 Å². The molecule has 1 aromatic heterocycles. The first-order valence-electron chi connectivity index (χ1n) is 18.8. The van der Waals surface area contributed by atoms with E-state index >= 15 is 0 Å². The van der Waals surface area contributed by atoms with Crippen LogP contribution in [0.25, 0.3) is 65.0 Å². The van der Waals surface area contributed by atoms with Crippen LogP contribution in [0.1, 0.15) is 0 Å². The van der Waals surface area contributed by atoms with Gasteiger partial charge in [0.15, 0.2) is 0 Å². The first-order chi connectivity index (χ1) is 27.3. The van der Waals surface area contributed by atoms with E-state index in [4.69, 9.17) is 4.42 Å². The van der Waals surface area contributed by atoms with E-state index in [-0.39, 0.29) is 0 Å². The Hall–Kier alpha value is -7.36. The van der Waals surface area contributed by atoms with Crippen LogP contribution in [-0.4, -0.2) is 0 Å². The van der Waals surface area contributed by atoms with Crippen LogP contribution < -0.4 is 9.80 Å². The lowest BCUT2D eigenvalue weighted by Crippen LogP contribution is -2.10. The topological polar surface area (TPSA) is 19.6 Å². The molecule has 10 aromatic carbocycles. The van der Waals surface area contributed by atoms with Crippen LogP contribution in [-0.2, 0) is 0 Å². The molecule has 0 saturated heterocycles. The first-order valence-corrected chi connectivity index (χ1v) is 18.8. The van der Waals surface area contributed by atoms with Gasteiger partial charge < -0.3 is 14.2 Å². The zero-order valence-corrected chi connectivity index (χ0v) is 29.9. The number of furan rings is 1. The van der Waals surface area contributed by atoms with E-state index in [9.17, 15) is 0 Å². The van der Waals surface area contributed by atoms with Gasteiger partial charge in [-0.1, -0.05) is 146 Å². The summed E-state index contributed by atoms with van der Waals surface area (Å²) in [4.78, 5) is 4.75. The minimum Gasteiger partial charge on any atom is -0.455 e. The van der Waals surface area contributed by atoms with Gasteiger partial charge in [-0.25, -0.2) is 0 Å². The number of benzene rings is 10. The van der Waals surface area contributed by atoms with Crippen LogP contribution >= 0.6 is 0 Å². The average molecular weight is 703 g/mol. The molecule has 0 radical (unpaired) electrons. The zero-order valence-electron chi connectivity index (χ0n) is 29.9. The van der Waals surface area contributed by atoms with Crippen molar-refractivity contribution in [2.24, 2.45) is 0 Å². The van der Waals surface area contributed by atoms with Crippen molar-refractivity contribution in [1.82, 2.24) is 0 Å². The maximum absolute atomic E-state index is 7.07. The van der Waals surface area contributed by atoms with Gasteiger partial charge >= 0.3 is 0 Å². The molecule has 258 valence electrons. The van der Waals surface area contributed by atoms with E-state index in [1.807, 2.05) is 0 Å². The highest BCUT2D eigenvalue weighted by Gasteiger charge is 2.24. The van der Waals surface area contributed by atoms with Crippen molar-refractivity contribution in [1.29, 1.82) is 0 Å². The number of para-hydroxylation sites is 2. The molecule has 0 atom stereocenters. The maximum Gasteiger partial charge on any atom is 0.143 e. The molecule has 0 aliphatic heterocycles. The van der Waals surface area contributed by atoms with Crippen molar-refractivity contribution in [2.75, 3.05) is 9.80 Å². The largest absolute Gasteiger partial charge is 0.455 e. The van der Waals surface area contributed by atoms with Crippen LogP contribution in [0, 0.1) is 0 Å². The summed E-state index contributed by atoms with van der Waals surface area (Å²) in [5.41, 5.74) is 8.27. The minimum atomic E-state index is 0.852. The Morgan fingerprint density at radius 2 is 0.727 bits per heavy atom. The summed E-state index contributed by atoms with van der Waals surface area (Å²) in [6.45, 7) is 0. The summed E-state index contributed by atoms with van der Waals surface area (Å²) in [6, 6.07) is 73.9. The highest BCUT2D eigenvalue weighted by atomic mass is 16.3. The highest BCUT2D eigenvalue weighted by Crippen LogP contribution is 2.49. The minimum absolute atomic E-state index is 0.852. The Morgan fingerprint density at radius 3 is 1.29 bits per heavy atom. The molecule has 0 amide bonds. The lowest BCUT2D eigenvalue weighted by atomic mass is 9.97. The Labute approximate surface area is 318 Å². The molecule has 0 bridgehead atoms. The van der Waals surface area contributed by atoms with Crippen molar-refractivity contribution < 1.29 is 4.42 Å². The summed E-state index contributed by atoms with van der Waals surface area (Å²) in [7, 11) is 0. The van der Waals surface area contributed by atoms with Gasteiger partial charge in [-0.3, -0.25) is 0 Å². The SMILES string of the molecule is c1ccc(N(c2ccc3ccccc3c2)c2cc3c(oc4cc(N(c5ccccc5)c5ccc6ccccc6c5)c5ccccc5c43)c3ccccc23)cc1. The Bertz CT molecular complexity index is 3220. The van der Waals surface area contributed by atoms with Crippen LogP contribution in [0.15, 0.2) is 211 Å². The summed E-state index contributed by atoms with van der Waals surface area (Å²) in [5, 5.41) is 11.5. The fourth-order valence-electron chi connectivity index (χ4n) is 8.44. The first kappa shape index (κ1) is 31.2. The number of anilines is 6. The molecule has 0 unspecified atom stereocenters. The van der Waals surface area contributed by atoms with Crippen molar-refractivity contribution in [3.05, 3.63) is 206 Å². The molecule has 0 fully saturated rings. The summed E-state index contributed by atoms with van der Waals surface area (Å²) in [5.74, 6) is 0. The zero-order chi connectivity index (χ0) is 36.3. The monoisotopic (exact) mass is 702 g/mol. The van der Waals surface area contributed by atoms with Crippen LogP contribution in [0.3, 0.4) is 0 Å². The van der Waals surface area contributed by atoms with Gasteiger partial charge in [0.1, 0.15) is 11.2 Å². The normalized spacial score (nSPS) is 11.6. The Morgan fingerprint density at radius 1 is 0.291 bits per heavy atom. The second-order valence-corrected chi connectivity index (χ2v) is 14.1. The molecule has 55 heavy (non-hydrogen) atoms.